The summed E-state index contributed by atoms with van der Waals surface area (Å²) < 4.78 is 0. The van der Waals surface area contributed by atoms with Crippen molar-refractivity contribution in [3.63, 3.8) is 0 Å². The molecule has 1 saturated heterocycles. The van der Waals surface area contributed by atoms with Crippen molar-refractivity contribution in [1.29, 1.82) is 0 Å². The lowest BCUT2D eigenvalue weighted by Gasteiger charge is -2.35. The van der Waals surface area contributed by atoms with Crippen LogP contribution in [0.15, 0.2) is 30.3 Å². The maximum absolute atomic E-state index is 12.5. The summed E-state index contributed by atoms with van der Waals surface area (Å²) in [6, 6.07) is 9.03. The number of anilines is 2. The summed E-state index contributed by atoms with van der Waals surface area (Å²) in [5.41, 5.74) is 2.00. The van der Waals surface area contributed by atoms with Gasteiger partial charge in [0.2, 0.25) is 5.95 Å². The topological polar surface area (TPSA) is 72.9 Å². The largest absolute Gasteiger partial charge is 0.363 e. The third-order valence-electron chi connectivity index (χ3n) is 5.68. The summed E-state index contributed by atoms with van der Waals surface area (Å²) in [5, 5.41) is 0. The fourth-order valence-electron chi connectivity index (χ4n) is 3.97. The number of piperazine rings is 1. The Bertz CT molecular complexity index is 917. The molecule has 0 aliphatic carbocycles. The van der Waals surface area contributed by atoms with Crippen LogP contribution in [0.4, 0.5) is 11.8 Å². The quantitative estimate of drug-likeness (QED) is 0.673. The predicted molar refractivity (Wildman–Crippen MR) is 116 cm³/mol. The fourth-order valence-corrected chi connectivity index (χ4v) is 3.97. The second-order valence-electron chi connectivity index (χ2n) is 8.05. The van der Waals surface area contributed by atoms with E-state index in [4.69, 9.17) is 0 Å². The van der Waals surface area contributed by atoms with Crippen LogP contribution in [0.5, 0.6) is 0 Å². The minimum absolute atomic E-state index is 0.172. The number of aromatic nitrogens is 2. The van der Waals surface area contributed by atoms with Crippen molar-refractivity contribution in [3.05, 3.63) is 47.2 Å². The van der Waals surface area contributed by atoms with E-state index in [0.29, 0.717) is 17.7 Å². The van der Waals surface area contributed by atoms with Crippen LogP contribution in [-0.4, -0.2) is 84.9 Å². The van der Waals surface area contributed by atoms with E-state index >= 15 is 0 Å². The first-order chi connectivity index (χ1) is 14.4. The Balaban J connectivity index is 1.27. The molecular formula is C22H28N6O2. The highest BCUT2D eigenvalue weighted by atomic mass is 16.2. The number of hydrogen-bond donors (Lipinski definition) is 0. The van der Waals surface area contributed by atoms with Gasteiger partial charge in [-0.3, -0.25) is 19.4 Å². The van der Waals surface area contributed by atoms with Gasteiger partial charge in [-0.05, 0) is 32.0 Å². The van der Waals surface area contributed by atoms with Crippen molar-refractivity contribution in [2.24, 2.45) is 0 Å². The van der Waals surface area contributed by atoms with Crippen LogP contribution >= 0.6 is 0 Å². The Labute approximate surface area is 177 Å². The van der Waals surface area contributed by atoms with Crippen LogP contribution < -0.4 is 9.80 Å². The van der Waals surface area contributed by atoms with Crippen LogP contribution in [0.2, 0.25) is 0 Å². The van der Waals surface area contributed by atoms with Gasteiger partial charge in [-0.15, -0.1) is 0 Å². The van der Waals surface area contributed by atoms with E-state index in [0.717, 1.165) is 56.6 Å². The maximum atomic E-state index is 12.5. The minimum atomic E-state index is -0.172. The van der Waals surface area contributed by atoms with Crippen molar-refractivity contribution in [3.8, 4) is 0 Å². The Morgan fingerprint density at radius 3 is 2.17 bits per heavy atom. The van der Waals surface area contributed by atoms with Crippen LogP contribution in [0.25, 0.3) is 0 Å². The first kappa shape index (κ1) is 20.3. The molecule has 158 valence electrons. The Kier molecular flexibility index (Phi) is 5.67. The van der Waals surface area contributed by atoms with Gasteiger partial charge in [-0.25, -0.2) is 4.98 Å². The molecule has 0 unspecified atom stereocenters. The van der Waals surface area contributed by atoms with Gasteiger partial charge < -0.3 is 9.80 Å². The van der Waals surface area contributed by atoms with E-state index in [1.165, 1.54) is 4.90 Å². The van der Waals surface area contributed by atoms with E-state index in [9.17, 15) is 9.59 Å². The Hall–Kier alpha value is -3.00. The first-order valence-electron chi connectivity index (χ1n) is 10.4. The van der Waals surface area contributed by atoms with E-state index in [1.807, 2.05) is 32.0 Å². The molecule has 0 bridgehead atoms. The molecule has 30 heavy (non-hydrogen) atoms. The molecule has 0 radical (unpaired) electrons. The van der Waals surface area contributed by atoms with Crippen molar-refractivity contribution >= 4 is 23.6 Å². The molecule has 0 spiro atoms. The van der Waals surface area contributed by atoms with Crippen LogP contribution in [0.3, 0.4) is 0 Å². The summed E-state index contributed by atoms with van der Waals surface area (Å²) in [6.07, 6.45) is 0.775. The lowest BCUT2D eigenvalue weighted by molar-refractivity contribution is 0.0647. The SMILES string of the molecule is Cc1cc(N(C)C)nc(N2CCN(CCCN3C(=O)c4ccccc4C3=O)CC2)n1. The molecule has 8 heteroatoms. The Morgan fingerprint density at radius 2 is 1.57 bits per heavy atom. The van der Waals surface area contributed by atoms with Gasteiger partial charge in [-0.2, -0.15) is 4.98 Å². The molecule has 2 aliphatic heterocycles. The summed E-state index contributed by atoms with van der Waals surface area (Å²) in [6.45, 7) is 6.87. The average molecular weight is 409 g/mol. The van der Waals surface area contributed by atoms with Crippen molar-refractivity contribution in [1.82, 2.24) is 19.8 Å². The van der Waals surface area contributed by atoms with Crippen LogP contribution in [-0.2, 0) is 0 Å². The number of nitrogens with zero attached hydrogens (tertiary/aromatic N) is 6. The zero-order valence-electron chi connectivity index (χ0n) is 17.8. The third kappa shape index (κ3) is 4.00. The number of amides is 2. The van der Waals surface area contributed by atoms with Gasteiger partial charge in [0.25, 0.3) is 11.8 Å². The number of benzene rings is 1. The number of fused-ring (bicyclic) bond motifs is 1. The smallest absolute Gasteiger partial charge is 0.261 e. The highest BCUT2D eigenvalue weighted by Gasteiger charge is 2.34. The normalized spacial score (nSPS) is 16.9. The Morgan fingerprint density at radius 1 is 0.933 bits per heavy atom. The lowest BCUT2D eigenvalue weighted by Crippen LogP contribution is -2.47. The molecule has 0 atom stereocenters. The van der Waals surface area contributed by atoms with E-state index in [-0.39, 0.29) is 11.8 Å². The van der Waals surface area contributed by atoms with Gasteiger partial charge in [0.05, 0.1) is 11.1 Å². The number of aryl methyl sites for hydroxylation is 1. The number of carbonyl (C=O) groups excluding carboxylic acids is 2. The van der Waals surface area contributed by atoms with Gasteiger partial charge in [-0.1, -0.05) is 12.1 Å². The van der Waals surface area contributed by atoms with Gasteiger partial charge >= 0.3 is 0 Å². The molecule has 1 aromatic carbocycles. The van der Waals surface area contributed by atoms with Crippen molar-refractivity contribution in [2.75, 3.05) is 63.2 Å². The molecule has 4 rings (SSSR count). The fraction of sp³-hybridized carbons (Fsp3) is 0.455. The number of imide groups is 1. The molecule has 2 amide bonds. The molecule has 8 nitrogen and oxygen atoms in total. The van der Waals surface area contributed by atoms with Gasteiger partial charge in [0.15, 0.2) is 0 Å². The first-order valence-corrected chi connectivity index (χ1v) is 10.4. The van der Waals surface area contributed by atoms with E-state index in [2.05, 4.69) is 19.8 Å². The monoisotopic (exact) mass is 408 g/mol. The summed E-state index contributed by atoms with van der Waals surface area (Å²) in [7, 11) is 3.97. The zero-order chi connectivity index (χ0) is 21.3. The van der Waals surface area contributed by atoms with Gasteiger partial charge in [0, 0.05) is 58.6 Å². The number of rotatable bonds is 6. The molecule has 1 aromatic heterocycles. The standard InChI is InChI=1S/C22H28N6O2/c1-16-15-19(25(2)3)24-22(23-16)27-13-11-26(12-14-27)9-6-10-28-20(29)17-7-4-5-8-18(17)21(28)30/h4-5,7-8,15H,6,9-14H2,1-3H3. The summed E-state index contributed by atoms with van der Waals surface area (Å²) in [4.78, 5) is 42.2. The van der Waals surface area contributed by atoms with E-state index < -0.39 is 0 Å². The predicted octanol–water partition coefficient (Wildman–Crippen LogP) is 1.66. The van der Waals surface area contributed by atoms with Crippen LogP contribution in [0.1, 0.15) is 32.8 Å². The number of carbonyl (C=O) groups is 2. The average Bonchev–Trinajstić information content (AvgIpc) is 2.99. The van der Waals surface area contributed by atoms with Crippen LogP contribution in [0, 0.1) is 6.92 Å². The molecular weight excluding hydrogens is 380 g/mol. The summed E-state index contributed by atoms with van der Waals surface area (Å²) in [5.74, 6) is 1.35. The van der Waals surface area contributed by atoms with Crippen molar-refractivity contribution < 1.29 is 9.59 Å². The highest BCUT2D eigenvalue weighted by molar-refractivity contribution is 6.21. The lowest BCUT2D eigenvalue weighted by atomic mass is 10.1. The molecule has 1 fully saturated rings. The minimum Gasteiger partial charge on any atom is -0.363 e. The third-order valence-corrected chi connectivity index (χ3v) is 5.68. The molecule has 2 aliphatic rings. The number of hydrogen-bond acceptors (Lipinski definition) is 7. The molecule has 2 aromatic rings. The second-order valence-corrected chi connectivity index (χ2v) is 8.05. The molecule has 3 heterocycles. The zero-order valence-corrected chi connectivity index (χ0v) is 17.8. The maximum Gasteiger partial charge on any atom is 0.261 e. The van der Waals surface area contributed by atoms with E-state index in [1.54, 1.807) is 24.3 Å². The second kappa shape index (κ2) is 8.39. The summed E-state index contributed by atoms with van der Waals surface area (Å²) >= 11 is 0. The molecule has 0 saturated carbocycles. The highest BCUT2D eigenvalue weighted by Crippen LogP contribution is 2.22. The molecule has 0 N–H and O–H groups in total. The van der Waals surface area contributed by atoms with Gasteiger partial charge in [0.1, 0.15) is 5.82 Å². The van der Waals surface area contributed by atoms with Crippen molar-refractivity contribution in [2.45, 2.75) is 13.3 Å².